The predicted molar refractivity (Wildman–Crippen MR) is 68.2 cm³/mol. The minimum atomic E-state index is -0.414. The Labute approximate surface area is 110 Å². The molecule has 6 heteroatoms. The first kappa shape index (κ1) is 12.0. The van der Waals surface area contributed by atoms with E-state index < -0.39 is 6.04 Å². The molecular formula is C13H16N4O2. The van der Waals surface area contributed by atoms with Gasteiger partial charge in [0.15, 0.2) is 0 Å². The van der Waals surface area contributed by atoms with Gasteiger partial charge in [-0.05, 0) is 25.1 Å². The molecule has 3 heterocycles. The zero-order valence-corrected chi connectivity index (χ0v) is 10.7. The van der Waals surface area contributed by atoms with Gasteiger partial charge in [-0.2, -0.15) is 0 Å². The Balaban J connectivity index is 1.85. The molecule has 0 aliphatic carbocycles. The van der Waals surface area contributed by atoms with Crippen LogP contribution in [0.5, 0.6) is 0 Å². The highest BCUT2D eigenvalue weighted by Crippen LogP contribution is 2.26. The number of furan rings is 1. The fourth-order valence-corrected chi connectivity index (χ4v) is 2.44. The second-order valence-electron chi connectivity index (χ2n) is 4.58. The first-order valence-electron chi connectivity index (χ1n) is 6.30. The van der Waals surface area contributed by atoms with E-state index in [1.807, 2.05) is 6.07 Å². The number of aromatic nitrogens is 2. The quantitative estimate of drug-likeness (QED) is 0.858. The van der Waals surface area contributed by atoms with Gasteiger partial charge < -0.3 is 19.6 Å². The Morgan fingerprint density at radius 1 is 1.63 bits per heavy atom. The molecule has 0 saturated carbocycles. The highest BCUT2D eigenvalue weighted by Gasteiger charge is 2.32. The third-order valence-corrected chi connectivity index (χ3v) is 3.44. The zero-order chi connectivity index (χ0) is 13.2. The van der Waals surface area contributed by atoms with Crippen molar-refractivity contribution in [3.8, 4) is 0 Å². The molecule has 1 atom stereocenters. The van der Waals surface area contributed by atoms with Crippen molar-refractivity contribution in [2.75, 3.05) is 13.6 Å². The van der Waals surface area contributed by atoms with Crippen LogP contribution in [0.25, 0.3) is 0 Å². The molecule has 6 nitrogen and oxygen atoms in total. The zero-order valence-electron chi connectivity index (χ0n) is 10.7. The first-order valence-corrected chi connectivity index (χ1v) is 6.30. The van der Waals surface area contributed by atoms with E-state index >= 15 is 0 Å². The van der Waals surface area contributed by atoms with E-state index in [0.29, 0.717) is 13.1 Å². The highest BCUT2D eigenvalue weighted by molar-refractivity contribution is 5.83. The second kappa shape index (κ2) is 4.89. The summed E-state index contributed by atoms with van der Waals surface area (Å²) in [5, 5.41) is 3.03. The van der Waals surface area contributed by atoms with Crippen molar-refractivity contribution in [1.82, 2.24) is 20.2 Å². The molecule has 19 heavy (non-hydrogen) atoms. The van der Waals surface area contributed by atoms with Crippen molar-refractivity contribution in [2.45, 2.75) is 19.0 Å². The van der Waals surface area contributed by atoms with Crippen LogP contribution in [0.4, 0.5) is 0 Å². The minimum absolute atomic E-state index is 0.0209. The number of amides is 1. The van der Waals surface area contributed by atoms with Gasteiger partial charge in [0.2, 0.25) is 5.91 Å². The van der Waals surface area contributed by atoms with Crippen LogP contribution in [0.15, 0.2) is 29.1 Å². The van der Waals surface area contributed by atoms with Crippen LogP contribution in [0, 0.1) is 0 Å². The SMILES string of the molecule is CNC1C(=O)N(Cc2ncc[nH]2)CCc2ccoc21. The van der Waals surface area contributed by atoms with Crippen LogP contribution >= 0.6 is 0 Å². The molecule has 100 valence electrons. The number of rotatable bonds is 3. The van der Waals surface area contributed by atoms with Gasteiger partial charge in [0, 0.05) is 18.9 Å². The molecule has 1 unspecified atom stereocenters. The maximum atomic E-state index is 12.5. The summed E-state index contributed by atoms with van der Waals surface area (Å²) in [4.78, 5) is 21.5. The second-order valence-corrected chi connectivity index (χ2v) is 4.58. The lowest BCUT2D eigenvalue weighted by Gasteiger charge is -2.22. The molecule has 1 aliphatic heterocycles. The van der Waals surface area contributed by atoms with Crippen molar-refractivity contribution in [1.29, 1.82) is 0 Å². The van der Waals surface area contributed by atoms with Crippen LogP contribution in [-0.2, 0) is 17.8 Å². The Kier molecular flexibility index (Phi) is 3.08. The largest absolute Gasteiger partial charge is 0.467 e. The summed E-state index contributed by atoms with van der Waals surface area (Å²) in [6, 6.07) is 1.52. The van der Waals surface area contributed by atoms with Crippen LogP contribution in [0.1, 0.15) is 23.2 Å². The van der Waals surface area contributed by atoms with Crippen LogP contribution in [0.3, 0.4) is 0 Å². The van der Waals surface area contributed by atoms with Gasteiger partial charge >= 0.3 is 0 Å². The number of H-pyrrole nitrogens is 1. The van der Waals surface area contributed by atoms with Crippen molar-refractivity contribution in [3.63, 3.8) is 0 Å². The monoisotopic (exact) mass is 260 g/mol. The number of nitrogens with one attached hydrogen (secondary N) is 2. The van der Waals surface area contributed by atoms with E-state index in [2.05, 4.69) is 15.3 Å². The number of hydrogen-bond donors (Lipinski definition) is 2. The lowest BCUT2D eigenvalue weighted by molar-refractivity contribution is -0.134. The van der Waals surface area contributed by atoms with E-state index in [9.17, 15) is 4.79 Å². The smallest absolute Gasteiger partial charge is 0.248 e. The molecule has 0 radical (unpaired) electrons. The number of hydrogen-bond acceptors (Lipinski definition) is 4. The number of likely N-dealkylation sites (N-methyl/N-ethyl adjacent to an activating group) is 1. The molecule has 2 aromatic rings. The van der Waals surface area contributed by atoms with Crippen LogP contribution < -0.4 is 5.32 Å². The minimum Gasteiger partial charge on any atom is -0.467 e. The van der Waals surface area contributed by atoms with Gasteiger partial charge in [-0.3, -0.25) is 4.79 Å². The molecule has 3 rings (SSSR count). The van der Waals surface area contributed by atoms with E-state index in [4.69, 9.17) is 4.42 Å². The molecule has 0 bridgehead atoms. The van der Waals surface area contributed by atoms with E-state index in [0.717, 1.165) is 23.6 Å². The normalized spacial score (nSPS) is 19.3. The van der Waals surface area contributed by atoms with E-state index in [1.54, 1.807) is 30.6 Å². The predicted octanol–water partition coefficient (Wildman–Crippen LogP) is 0.848. The van der Waals surface area contributed by atoms with Gasteiger partial charge in [-0.15, -0.1) is 0 Å². The summed E-state index contributed by atoms with van der Waals surface area (Å²) in [5.74, 6) is 1.55. The maximum Gasteiger partial charge on any atom is 0.248 e. The number of nitrogens with zero attached hydrogens (tertiary/aromatic N) is 2. The Morgan fingerprint density at radius 2 is 2.53 bits per heavy atom. The molecule has 2 aromatic heterocycles. The standard InChI is InChI=1S/C13H16N4O2/c1-14-11-12-9(3-7-19-12)2-6-17(13(11)18)8-10-15-4-5-16-10/h3-5,7,11,14H,2,6,8H2,1H3,(H,15,16). The molecule has 2 N–H and O–H groups in total. The summed E-state index contributed by atoms with van der Waals surface area (Å²) in [5.41, 5.74) is 1.09. The van der Waals surface area contributed by atoms with Gasteiger partial charge in [-0.1, -0.05) is 0 Å². The van der Waals surface area contributed by atoms with Crippen molar-refractivity contribution in [2.24, 2.45) is 0 Å². The van der Waals surface area contributed by atoms with Crippen LogP contribution in [0.2, 0.25) is 0 Å². The Morgan fingerprint density at radius 3 is 3.26 bits per heavy atom. The molecule has 1 aliphatic rings. The molecule has 0 saturated heterocycles. The molecule has 0 spiro atoms. The molecule has 1 amide bonds. The summed E-state index contributed by atoms with van der Waals surface area (Å²) in [7, 11) is 1.77. The summed E-state index contributed by atoms with van der Waals surface area (Å²) < 4.78 is 5.46. The summed E-state index contributed by atoms with van der Waals surface area (Å²) in [6.45, 7) is 1.17. The van der Waals surface area contributed by atoms with Gasteiger partial charge in [0.25, 0.3) is 0 Å². The van der Waals surface area contributed by atoms with Crippen LogP contribution in [-0.4, -0.2) is 34.4 Å². The van der Waals surface area contributed by atoms with E-state index in [-0.39, 0.29) is 5.91 Å². The number of carbonyl (C=O) groups excluding carboxylic acids is 1. The lowest BCUT2D eigenvalue weighted by Crippen LogP contribution is -2.38. The average Bonchev–Trinajstić information content (AvgIpc) is 3.04. The van der Waals surface area contributed by atoms with Gasteiger partial charge in [0.1, 0.15) is 17.6 Å². The number of aromatic amines is 1. The third kappa shape index (κ3) is 2.15. The Bertz CT molecular complexity index is 561. The summed E-state index contributed by atoms with van der Waals surface area (Å²) >= 11 is 0. The first-order chi connectivity index (χ1) is 9.29. The summed E-state index contributed by atoms with van der Waals surface area (Å²) in [6.07, 6.45) is 5.90. The van der Waals surface area contributed by atoms with Crippen molar-refractivity contribution in [3.05, 3.63) is 41.9 Å². The van der Waals surface area contributed by atoms with Gasteiger partial charge in [-0.25, -0.2) is 4.98 Å². The molecule has 0 fully saturated rings. The highest BCUT2D eigenvalue weighted by atomic mass is 16.3. The third-order valence-electron chi connectivity index (χ3n) is 3.44. The van der Waals surface area contributed by atoms with Crippen molar-refractivity contribution >= 4 is 5.91 Å². The number of fused-ring (bicyclic) bond motifs is 1. The van der Waals surface area contributed by atoms with Gasteiger partial charge in [0.05, 0.1) is 12.8 Å². The lowest BCUT2D eigenvalue weighted by atomic mass is 10.1. The Hall–Kier alpha value is -2.08. The van der Waals surface area contributed by atoms with Crippen molar-refractivity contribution < 1.29 is 9.21 Å². The molecular weight excluding hydrogens is 244 g/mol. The fourth-order valence-electron chi connectivity index (χ4n) is 2.44. The average molecular weight is 260 g/mol. The van der Waals surface area contributed by atoms with E-state index in [1.165, 1.54) is 0 Å². The number of imidazole rings is 1. The topological polar surface area (TPSA) is 74.2 Å². The fraction of sp³-hybridized carbons (Fsp3) is 0.385. The number of carbonyl (C=O) groups is 1. The maximum absolute atomic E-state index is 12.5. The molecule has 0 aromatic carbocycles.